The summed E-state index contributed by atoms with van der Waals surface area (Å²) in [6, 6.07) is 4.22. The van der Waals surface area contributed by atoms with Crippen LogP contribution in [0.5, 0.6) is 0 Å². The Labute approximate surface area is 123 Å². The molecule has 0 spiro atoms. The number of likely N-dealkylation sites (tertiary alicyclic amines) is 1. The first-order chi connectivity index (χ1) is 10.0. The van der Waals surface area contributed by atoms with Crippen LogP contribution in [0, 0.1) is 10.1 Å². The molecule has 0 aromatic heterocycles. The Bertz CT molecular complexity index is 547. The number of nitro groups is 1. The molecule has 0 saturated carbocycles. The number of anilines is 1. The fourth-order valence-electron chi connectivity index (χ4n) is 2.57. The Morgan fingerprint density at radius 1 is 1.57 bits per heavy atom. The van der Waals surface area contributed by atoms with Gasteiger partial charge in [0.05, 0.1) is 4.92 Å². The minimum Gasteiger partial charge on any atom is -0.393 e. The van der Waals surface area contributed by atoms with Crippen LogP contribution in [0.4, 0.5) is 11.4 Å². The summed E-state index contributed by atoms with van der Waals surface area (Å²) in [6.45, 7) is 4.92. The van der Waals surface area contributed by atoms with Crippen molar-refractivity contribution in [3.05, 3.63) is 33.9 Å². The summed E-state index contributed by atoms with van der Waals surface area (Å²) in [5.41, 5.74) is 5.63. The molecule has 1 fully saturated rings. The number of likely N-dealkylation sites (N-methyl/N-ethyl adjacent to an activating group) is 1. The number of nitrogens with one attached hydrogen (secondary N) is 1. The lowest BCUT2D eigenvalue weighted by atomic mass is 10.0. The lowest BCUT2D eigenvalue weighted by molar-refractivity contribution is -0.383. The van der Waals surface area contributed by atoms with Gasteiger partial charge < -0.3 is 16.0 Å². The van der Waals surface area contributed by atoms with E-state index in [9.17, 15) is 14.9 Å². The van der Waals surface area contributed by atoms with Crippen molar-refractivity contribution >= 4 is 17.3 Å². The van der Waals surface area contributed by atoms with Gasteiger partial charge in [0, 0.05) is 24.2 Å². The Morgan fingerprint density at radius 3 is 3.00 bits per heavy atom. The number of rotatable bonds is 4. The molecule has 1 unspecified atom stereocenters. The highest BCUT2D eigenvalue weighted by molar-refractivity contribution is 5.95. The number of amides is 1. The van der Waals surface area contributed by atoms with Crippen LogP contribution in [0.1, 0.15) is 30.1 Å². The lowest BCUT2D eigenvalue weighted by Gasteiger charge is -2.32. The predicted molar refractivity (Wildman–Crippen MR) is 80.1 cm³/mol. The van der Waals surface area contributed by atoms with Crippen LogP contribution in [0.15, 0.2) is 18.2 Å². The van der Waals surface area contributed by atoms with Crippen LogP contribution in [0.3, 0.4) is 0 Å². The van der Waals surface area contributed by atoms with Gasteiger partial charge in [0.15, 0.2) is 0 Å². The molecule has 2 rings (SSSR count). The molecule has 1 aromatic rings. The van der Waals surface area contributed by atoms with E-state index in [0.717, 1.165) is 32.5 Å². The van der Waals surface area contributed by atoms with Crippen molar-refractivity contribution in [3.63, 3.8) is 0 Å². The van der Waals surface area contributed by atoms with E-state index in [1.54, 1.807) is 0 Å². The van der Waals surface area contributed by atoms with Gasteiger partial charge in [-0.1, -0.05) is 6.92 Å². The number of benzene rings is 1. The molecule has 1 aliphatic heterocycles. The van der Waals surface area contributed by atoms with Crippen LogP contribution in [-0.2, 0) is 0 Å². The fourth-order valence-corrected chi connectivity index (χ4v) is 2.57. The lowest BCUT2D eigenvalue weighted by Crippen LogP contribution is -2.47. The topological polar surface area (TPSA) is 102 Å². The third-order valence-electron chi connectivity index (χ3n) is 3.78. The van der Waals surface area contributed by atoms with E-state index in [0.29, 0.717) is 0 Å². The highest BCUT2D eigenvalue weighted by Crippen LogP contribution is 2.22. The number of carbonyl (C=O) groups excluding carboxylic acids is 1. The van der Waals surface area contributed by atoms with Gasteiger partial charge in [0.1, 0.15) is 5.69 Å². The maximum absolute atomic E-state index is 12.2. The minimum atomic E-state index is -0.578. The van der Waals surface area contributed by atoms with E-state index in [2.05, 4.69) is 17.1 Å². The molecule has 7 heteroatoms. The highest BCUT2D eigenvalue weighted by atomic mass is 16.6. The average molecular weight is 292 g/mol. The van der Waals surface area contributed by atoms with Crippen molar-refractivity contribution < 1.29 is 9.72 Å². The molecule has 0 radical (unpaired) electrons. The summed E-state index contributed by atoms with van der Waals surface area (Å²) < 4.78 is 0. The highest BCUT2D eigenvalue weighted by Gasteiger charge is 2.22. The molecule has 7 nitrogen and oxygen atoms in total. The second-order valence-electron chi connectivity index (χ2n) is 5.24. The molecule has 0 bridgehead atoms. The molecule has 114 valence electrons. The van der Waals surface area contributed by atoms with Crippen molar-refractivity contribution in [2.75, 3.05) is 25.4 Å². The Balaban J connectivity index is 2.06. The van der Waals surface area contributed by atoms with Gasteiger partial charge in [0.2, 0.25) is 0 Å². The maximum Gasteiger partial charge on any atom is 0.292 e. The smallest absolute Gasteiger partial charge is 0.292 e. The standard InChI is InChI=1S/C14H20N4O3/c1-2-17-7-3-4-11(9-17)16-14(19)10-5-6-12(15)13(8-10)18(20)21/h5-6,8,11H,2-4,7,9,15H2,1H3,(H,16,19). The van der Waals surface area contributed by atoms with Crippen molar-refractivity contribution in [2.24, 2.45) is 0 Å². The monoisotopic (exact) mass is 292 g/mol. The third-order valence-corrected chi connectivity index (χ3v) is 3.78. The second-order valence-corrected chi connectivity index (χ2v) is 5.24. The number of nitro benzene ring substituents is 1. The van der Waals surface area contributed by atoms with Gasteiger partial charge >= 0.3 is 0 Å². The van der Waals surface area contributed by atoms with Crippen LogP contribution < -0.4 is 11.1 Å². The van der Waals surface area contributed by atoms with Crippen molar-refractivity contribution in [1.82, 2.24) is 10.2 Å². The van der Waals surface area contributed by atoms with Crippen LogP contribution in [0.25, 0.3) is 0 Å². The summed E-state index contributed by atoms with van der Waals surface area (Å²) in [4.78, 5) is 24.8. The zero-order valence-corrected chi connectivity index (χ0v) is 12.0. The number of nitrogens with two attached hydrogens (primary N) is 1. The molecule has 1 aliphatic rings. The number of hydrogen-bond donors (Lipinski definition) is 2. The molecule has 1 heterocycles. The molecule has 1 saturated heterocycles. The van der Waals surface area contributed by atoms with E-state index in [1.807, 2.05) is 0 Å². The first-order valence-electron chi connectivity index (χ1n) is 7.08. The Kier molecular flexibility index (Phi) is 4.74. The Hall–Kier alpha value is -2.15. The van der Waals surface area contributed by atoms with Crippen molar-refractivity contribution in [1.29, 1.82) is 0 Å². The quantitative estimate of drug-likeness (QED) is 0.496. The van der Waals surface area contributed by atoms with Crippen LogP contribution in [0.2, 0.25) is 0 Å². The molecule has 3 N–H and O–H groups in total. The summed E-state index contributed by atoms with van der Waals surface area (Å²) in [5.74, 6) is -0.291. The van der Waals surface area contributed by atoms with Gasteiger partial charge in [0.25, 0.3) is 11.6 Å². The van der Waals surface area contributed by atoms with Gasteiger partial charge in [-0.15, -0.1) is 0 Å². The number of carbonyl (C=O) groups is 1. The molecule has 0 aliphatic carbocycles. The fraction of sp³-hybridized carbons (Fsp3) is 0.500. The van der Waals surface area contributed by atoms with E-state index < -0.39 is 4.92 Å². The van der Waals surface area contributed by atoms with E-state index in [4.69, 9.17) is 5.73 Å². The van der Waals surface area contributed by atoms with E-state index in [-0.39, 0.29) is 28.9 Å². The molecular weight excluding hydrogens is 272 g/mol. The number of nitrogens with zero attached hydrogens (tertiary/aromatic N) is 2. The van der Waals surface area contributed by atoms with Crippen molar-refractivity contribution in [2.45, 2.75) is 25.8 Å². The molecular formula is C14H20N4O3. The van der Waals surface area contributed by atoms with Gasteiger partial charge in [-0.25, -0.2) is 0 Å². The van der Waals surface area contributed by atoms with E-state index in [1.165, 1.54) is 18.2 Å². The van der Waals surface area contributed by atoms with E-state index >= 15 is 0 Å². The summed E-state index contributed by atoms with van der Waals surface area (Å²) in [5, 5.41) is 13.8. The average Bonchev–Trinajstić information content (AvgIpc) is 2.47. The Morgan fingerprint density at radius 2 is 2.33 bits per heavy atom. The molecule has 1 atom stereocenters. The normalized spacial score (nSPS) is 19.2. The maximum atomic E-state index is 12.2. The number of piperidine rings is 1. The second kappa shape index (κ2) is 6.53. The molecule has 1 aromatic carbocycles. The van der Waals surface area contributed by atoms with Gasteiger partial charge in [-0.2, -0.15) is 0 Å². The molecule has 1 amide bonds. The SMILES string of the molecule is CCN1CCCC(NC(=O)c2ccc(N)c([N+](=O)[O-])c2)C1. The van der Waals surface area contributed by atoms with Crippen molar-refractivity contribution in [3.8, 4) is 0 Å². The zero-order valence-electron chi connectivity index (χ0n) is 12.0. The minimum absolute atomic E-state index is 0.0615. The number of hydrogen-bond acceptors (Lipinski definition) is 5. The summed E-state index contributed by atoms with van der Waals surface area (Å²) in [7, 11) is 0. The molecule has 21 heavy (non-hydrogen) atoms. The zero-order chi connectivity index (χ0) is 15.4. The first kappa shape index (κ1) is 15.2. The summed E-state index contributed by atoms with van der Waals surface area (Å²) in [6.07, 6.45) is 1.97. The van der Waals surface area contributed by atoms with Crippen LogP contribution in [-0.4, -0.2) is 41.4 Å². The third kappa shape index (κ3) is 3.69. The predicted octanol–water partition coefficient (Wildman–Crippen LogP) is 1.39. The van der Waals surface area contributed by atoms with Crippen LogP contribution >= 0.6 is 0 Å². The first-order valence-corrected chi connectivity index (χ1v) is 7.08. The largest absolute Gasteiger partial charge is 0.393 e. The van der Waals surface area contributed by atoms with Gasteiger partial charge in [-0.05, 0) is 38.1 Å². The number of nitrogen functional groups attached to an aromatic ring is 1. The summed E-state index contributed by atoms with van der Waals surface area (Å²) >= 11 is 0. The van der Waals surface area contributed by atoms with Gasteiger partial charge in [-0.3, -0.25) is 14.9 Å².